The van der Waals surface area contributed by atoms with E-state index in [1.54, 1.807) is 13.2 Å². The van der Waals surface area contributed by atoms with E-state index in [9.17, 15) is 4.79 Å². The Balaban J connectivity index is 1.47. The average Bonchev–Trinajstić information content (AvgIpc) is 3.02. The van der Waals surface area contributed by atoms with Crippen LogP contribution in [0.1, 0.15) is 32.7 Å². The van der Waals surface area contributed by atoms with Crippen molar-refractivity contribution in [2.75, 3.05) is 12.4 Å². The van der Waals surface area contributed by atoms with E-state index in [1.807, 2.05) is 42.5 Å². The van der Waals surface area contributed by atoms with Crippen molar-refractivity contribution < 1.29 is 9.53 Å². The van der Waals surface area contributed by atoms with E-state index < -0.39 is 0 Å². The first-order chi connectivity index (χ1) is 14.0. The van der Waals surface area contributed by atoms with E-state index in [4.69, 9.17) is 4.74 Å². The van der Waals surface area contributed by atoms with E-state index >= 15 is 0 Å². The van der Waals surface area contributed by atoms with Crippen molar-refractivity contribution >= 4 is 22.5 Å². The zero-order chi connectivity index (χ0) is 20.4. The zero-order valence-electron chi connectivity index (χ0n) is 16.9. The molecule has 146 valence electrons. The SMILES string of the molecule is COc1cccc(NC(=O)c2ccc(Cc3ccc4[nH]c(C)c(C)c4c3)cc2)c1. The van der Waals surface area contributed by atoms with Crippen LogP contribution in [0.5, 0.6) is 5.75 Å². The lowest BCUT2D eigenvalue weighted by molar-refractivity contribution is 0.102. The Kier molecular flexibility index (Phi) is 5.09. The van der Waals surface area contributed by atoms with Gasteiger partial charge in [0.2, 0.25) is 0 Å². The van der Waals surface area contributed by atoms with E-state index in [1.165, 1.54) is 33.3 Å². The van der Waals surface area contributed by atoms with Gasteiger partial charge in [0.05, 0.1) is 7.11 Å². The predicted molar refractivity (Wildman–Crippen MR) is 118 cm³/mol. The molecule has 1 heterocycles. The third-order valence-electron chi connectivity index (χ3n) is 5.32. The second kappa shape index (κ2) is 7.84. The zero-order valence-corrected chi connectivity index (χ0v) is 16.9. The molecule has 4 rings (SSSR count). The number of methoxy groups -OCH3 is 1. The average molecular weight is 384 g/mol. The number of benzene rings is 3. The van der Waals surface area contributed by atoms with Crippen LogP contribution >= 0.6 is 0 Å². The number of hydrogen-bond acceptors (Lipinski definition) is 2. The van der Waals surface area contributed by atoms with Gasteiger partial charge in [0.1, 0.15) is 5.75 Å². The van der Waals surface area contributed by atoms with Gasteiger partial charge in [-0.15, -0.1) is 0 Å². The van der Waals surface area contributed by atoms with E-state index in [-0.39, 0.29) is 5.91 Å². The molecule has 0 atom stereocenters. The molecule has 2 N–H and O–H groups in total. The standard InChI is InChI=1S/C25H24N2O2/c1-16-17(2)26-24-12-9-19(14-23(16)24)13-18-7-10-20(11-8-18)25(28)27-21-5-4-6-22(15-21)29-3/h4-12,14-15,26H,13H2,1-3H3,(H,27,28). The number of aromatic amines is 1. The Bertz CT molecular complexity index is 1170. The lowest BCUT2D eigenvalue weighted by Gasteiger charge is -2.08. The Labute approximate surface area is 170 Å². The highest BCUT2D eigenvalue weighted by Crippen LogP contribution is 2.24. The fraction of sp³-hybridized carbons (Fsp3) is 0.160. The largest absolute Gasteiger partial charge is 0.497 e. The van der Waals surface area contributed by atoms with Gasteiger partial charge in [0.15, 0.2) is 0 Å². The molecule has 0 spiro atoms. The summed E-state index contributed by atoms with van der Waals surface area (Å²) in [4.78, 5) is 15.9. The van der Waals surface area contributed by atoms with Crippen LogP contribution in [0, 0.1) is 13.8 Å². The third kappa shape index (κ3) is 4.02. The first-order valence-electron chi connectivity index (χ1n) is 9.65. The fourth-order valence-corrected chi connectivity index (χ4v) is 3.53. The molecule has 0 unspecified atom stereocenters. The predicted octanol–water partition coefficient (Wildman–Crippen LogP) is 5.64. The van der Waals surface area contributed by atoms with Crippen LogP contribution < -0.4 is 10.1 Å². The summed E-state index contributed by atoms with van der Waals surface area (Å²) < 4.78 is 5.20. The number of anilines is 1. The molecule has 0 saturated heterocycles. The van der Waals surface area contributed by atoms with Crippen molar-refractivity contribution in [3.63, 3.8) is 0 Å². The number of nitrogens with one attached hydrogen (secondary N) is 2. The molecule has 0 aliphatic carbocycles. The minimum absolute atomic E-state index is 0.135. The number of rotatable bonds is 5. The Morgan fingerprint density at radius 2 is 1.72 bits per heavy atom. The van der Waals surface area contributed by atoms with E-state index in [2.05, 4.69) is 42.3 Å². The topological polar surface area (TPSA) is 54.1 Å². The quantitative estimate of drug-likeness (QED) is 0.468. The smallest absolute Gasteiger partial charge is 0.255 e. The first-order valence-corrected chi connectivity index (χ1v) is 9.65. The number of hydrogen-bond donors (Lipinski definition) is 2. The third-order valence-corrected chi connectivity index (χ3v) is 5.32. The summed E-state index contributed by atoms with van der Waals surface area (Å²) >= 11 is 0. The summed E-state index contributed by atoms with van der Waals surface area (Å²) in [6, 6.07) is 21.6. The van der Waals surface area contributed by atoms with Crippen LogP contribution in [0.2, 0.25) is 0 Å². The highest BCUT2D eigenvalue weighted by Gasteiger charge is 2.08. The van der Waals surface area contributed by atoms with Gasteiger partial charge in [-0.25, -0.2) is 0 Å². The van der Waals surface area contributed by atoms with Gasteiger partial charge in [0, 0.05) is 33.9 Å². The lowest BCUT2D eigenvalue weighted by atomic mass is 10.0. The number of carbonyl (C=O) groups is 1. The summed E-state index contributed by atoms with van der Waals surface area (Å²) in [6.07, 6.45) is 0.831. The summed E-state index contributed by atoms with van der Waals surface area (Å²) in [5, 5.41) is 4.18. The van der Waals surface area contributed by atoms with Gasteiger partial charge in [-0.3, -0.25) is 4.79 Å². The molecular weight excluding hydrogens is 360 g/mol. The second-order valence-corrected chi connectivity index (χ2v) is 7.31. The molecule has 29 heavy (non-hydrogen) atoms. The molecule has 3 aromatic carbocycles. The van der Waals surface area contributed by atoms with Gasteiger partial charge < -0.3 is 15.0 Å². The number of aryl methyl sites for hydroxylation is 2. The highest BCUT2D eigenvalue weighted by atomic mass is 16.5. The van der Waals surface area contributed by atoms with Crippen LogP contribution in [0.3, 0.4) is 0 Å². The van der Waals surface area contributed by atoms with Crippen molar-refractivity contribution in [3.05, 3.63) is 94.7 Å². The van der Waals surface area contributed by atoms with Crippen molar-refractivity contribution in [2.45, 2.75) is 20.3 Å². The monoisotopic (exact) mass is 384 g/mol. The van der Waals surface area contributed by atoms with Crippen LogP contribution in [0.15, 0.2) is 66.7 Å². The fourth-order valence-electron chi connectivity index (χ4n) is 3.53. The second-order valence-electron chi connectivity index (χ2n) is 7.31. The first kappa shape index (κ1) is 18.8. The molecule has 1 aromatic heterocycles. The van der Waals surface area contributed by atoms with Gasteiger partial charge in [-0.1, -0.05) is 24.3 Å². The number of carbonyl (C=O) groups excluding carboxylic acids is 1. The lowest BCUT2D eigenvalue weighted by Crippen LogP contribution is -2.11. The van der Waals surface area contributed by atoms with E-state index in [0.717, 1.165) is 6.42 Å². The summed E-state index contributed by atoms with van der Waals surface area (Å²) in [5.41, 5.74) is 7.46. The minimum Gasteiger partial charge on any atom is -0.497 e. The Hall–Kier alpha value is -3.53. The number of amides is 1. The number of ether oxygens (including phenoxy) is 1. The van der Waals surface area contributed by atoms with Crippen LogP contribution in [0.25, 0.3) is 10.9 Å². The van der Waals surface area contributed by atoms with Gasteiger partial charge in [-0.05, 0) is 73.4 Å². The molecule has 0 fully saturated rings. The Morgan fingerprint density at radius 3 is 2.48 bits per heavy atom. The molecule has 4 nitrogen and oxygen atoms in total. The van der Waals surface area contributed by atoms with Crippen LogP contribution in [0.4, 0.5) is 5.69 Å². The summed E-state index contributed by atoms with van der Waals surface area (Å²) in [7, 11) is 1.61. The maximum absolute atomic E-state index is 12.5. The van der Waals surface area contributed by atoms with Crippen molar-refractivity contribution in [2.24, 2.45) is 0 Å². The van der Waals surface area contributed by atoms with E-state index in [0.29, 0.717) is 17.0 Å². The molecule has 0 aliphatic heterocycles. The molecule has 0 radical (unpaired) electrons. The summed E-state index contributed by atoms with van der Waals surface area (Å²) in [6.45, 7) is 4.25. The van der Waals surface area contributed by atoms with Gasteiger partial charge >= 0.3 is 0 Å². The normalized spacial score (nSPS) is 10.9. The molecule has 4 heteroatoms. The molecule has 4 aromatic rings. The molecule has 0 saturated carbocycles. The van der Waals surface area contributed by atoms with Crippen LogP contribution in [-0.2, 0) is 6.42 Å². The maximum atomic E-state index is 12.5. The number of fused-ring (bicyclic) bond motifs is 1. The molecular formula is C25H24N2O2. The molecule has 0 aliphatic rings. The number of aromatic nitrogens is 1. The Morgan fingerprint density at radius 1 is 0.966 bits per heavy atom. The summed E-state index contributed by atoms with van der Waals surface area (Å²) in [5.74, 6) is 0.576. The van der Waals surface area contributed by atoms with Crippen LogP contribution in [-0.4, -0.2) is 18.0 Å². The highest BCUT2D eigenvalue weighted by molar-refractivity contribution is 6.04. The van der Waals surface area contributed by atoms with Gasteiger partial charge in [-0.2, -0.15) is 0 Å². The van der Waals surface area contributed by atoms with Crippen molar-refractivity contribution in [1.29, 1.82) is 0 Å². The number of H-pyrrole nitrogens is 1. The van der Waals surface area contributed by atoms with Crippen molar-refractivity contribution in [3.8, 4) is 5.75 Å². The molecule has 0 bridgehead atoms. The maximum Gasteiger partial charge on any atom is 0.255 e. The van der Waals surface area contributed by atoms with Crippen molar-refractivity contribution in [1.82, 2.24) is 4.98 Å². The minimum atomic E-state index is -0.135. The van der Waals surface area contributed by atoms with Gasteiger partial charge in [0.25, 0.3) is 5.91 Å². The molecule has 1 amide bonds.